The van der Waals surface area contributed by atoms with Crippen molar-refractivity contribution in [2.75, 3.05) is 0 Å². The molecule has 1 atom stereocenters. The van der Waals surface area contributed by atoms with Gasteiger partial charge in [0.1, 0.15) is 5.82 Å². The molecule has 0 bridgehead atoms. The van der Waals surface area contributed by atoms with E-state index in [1.165, 1.54) is 10.6 Å². The molecule has 2 aromatic carbocycles. The van der Waals surface area contributed by atoms with Crippen LogP contribution in [-0.2, 0) is 12.8 Å². The van der Waals surface area contributed by atoms with Crippen LogP contribution < -0.4 is 11.1 Å². The van der Waals surface area contributed by atoms with Crippen LogP contribution in [0.3, 0.4) is 0 Å². The Bertz CT molecular complexity index is 1600. The molecule has 2 aromatic heterocycles. The molecule has 0 radical (unpaired) electrons. The average molecular weight is 529 g/mol. The van der Waals surface area contributed by atoms with Gasteiger partial charge in [0.2, 0.25) is 5.88 Å². The van der Waals surface area contributed by atoms with Crippen LogP contribution in [-0.4, -0.2) is 19.2 Å². The first-order valence-corrected chi connectivity index (χ1v) is 13.0. The summed E-state index contributed by atoms with van der Waals surface area (Å²) in [6, 6.07) is 19.3. The predicted molar refractivity (Wildman–Crippen MR) is 148 cm³/mol. The minimum Gasteiger partial charge on any atom is -0.494 e. The number of aromatic nitrogens is 3. The molecule has 194 valence electrons. The third-order valence-corrected chi connectivity index (χ3v) is 6.81. The Balaban J connectivity index is 1.76. The largest absolute Gasteiger partial charge is 0.494 e. The van der Waals surface area contributed by atoms with Crippen molar-refractivity contribution in [1.29, 1.82) is 5.26 Å². The fourth-order valence-electron chi connectivity index (χ4n) is 4.62. The van der Waals surface area contributed by atoms with Gasteiger partial charge in [-0.15, -0.1) is 0 Å². The third-order valence-electron chi connectivity index (χ3n) is 6.59. The number of aryl methyl sites for hydroxylation is 1. The van der Waals surface area contributed by atoms with Crippen molar-refractivity contribution in [3.63, 3.8) is 0 Å². The Morgan fingerprint density at radius 3 is 2.53 bits per heavy atom. The zero-order chi connectivity index (χ0) is 27.2. The van der Waals surface area contributed by atoms with Gasteiger partial charge in [-0.1, -0.05) is 56.1 Å². The third kappa shape index (κ3) is 5.71. The Hall–Kier alpha value is -4.15. The Labute approximate surface area is 226 Å². The van der Waals surface area contributed by atoms with Crippen LogP contribution in [0.15, 0.2) is 76.4 Å². The molecule has 0 amide bonds. The van der Waals surface area contributed by atoms with Gasteiger partial charge in [-0.25, -0.2) is 0 Å². The molecule has 0 fully saturated rings. The van der Waals surface area contributed by atoms with Gasteiger partial charge in [-0.05, 0) is 54.3 Å². The van der Waals surface area contributed by atoms with Gasteiger partial charge in [0.25, 0.3) is 11.1 Å². The molecule has 0 aliphatic heterocycles. The van der Waals surface area contributed by atoms with E-state index >= 15 is 0 Å². The molecule has 0 unspecified atom stereocenters. The van der Waals surface area contributed by atoms with E-state index in [2.05, 4.69) is 18.0 Å². The van der Waals surface area contributed by atoms with E-state index in [9.17, 15) is 20.0 Å². The zero-order valence-corrected chi connectivity index (χ0v) is 22.2. The van der Waals surface area contributed by atoms with Crippen molar-refractivity contribution < 1.29 is 5.11 Å². The Morgan fingerprint density at radius 1 is 1.08 bits per heavy atom. The Morgan fingerprint density at radius 2 is 1.84 bits per heavy atom. The lowest BCUT2D eigenvalue weighted by atomic mass is 10.00. The molecule has 2 heterocycles. The van der Waals surface area contributed by atoms with Crippen molar-refractivity contribution in [3.8, 4) is 17.6 Å². The lowest BCUT2D eigenvalue weighted by Crippen LogP contribution is -2.26. The molecule has 4 rings (SSSR count). The molecular formula is C30H29ClN4O3. The van der Waals surface area contributed by atoms with E-state index in [1.807, 2.05) is 37.3 Å². The minimum atomic E-state index is -0.458. The highest BCUT2D eigenvalue weighted by atomic mass is 35.5. The number of nitrogens with zero attached hydrogens (tertiary/aromatic N) is 4. The molecule has 0 spiro atoms. The van der Waals surface area contributed by atoms with Gasteiger partial charge in [-0.2, -0.15) is 10.2 Å². The van der Waals surface area contributed by atoms with Crippen molar-refractivity contribution >= 4 is 11.6 Å². The van der Waals surface area contributed by atoms with Crippen LogP contribution in [0.5, 0.6) is 5.88 Å². The molecule has 0 saturated heterocycles. The standard InChI is InChI=1S/C30H29ClN4O3/c1-3-5-9-27-33-29(37)25(30(38)35(27)26(4-2)22-8-6-7-21(16-22)18-32)17-20-10-13-24(14-11-20)34-19-23(31)12-15-28(34)36/h6-8,10-16,19,26,38H,3-5,9,17H2,1-2H3/t26-/m0/s1. The summed E-state index contributed by atoms with van der Waals surface area (Å²) in [5.41, 5.74) is 2.36. The van der Waals surface area contributed by atoms with Gasteiger partial charge >= 0.3 is 0 Å². The number of halogens is 1. The van der Waals surface area contributed by atoms with Crippen LogP contribution in [0, 0.1) is 11.3 Å². The summed E-state index contributed by atoms with van der Waals surface area (Å²) in [5, 5.41) is 21.3. The lowest BCUT2D eigenvalue weighted by Gasteiger charge is -2.25. The SMILES string of the molecule is CCCCc1nc(=O)c(Cc2ccc(-n3cc(Cl)ccc3=O)cc2)c(O)n1[C@@H](CC)c1cccc(C#N)c1. The Kier molecular flexibility index (Phi) is 8.45. The maximum absolute atomic E-state index is 13.1. The fourth-order valence-corrected chi connectivity index (χ4v) is 4.78. The van der Waals surface area contributed by atoms with Crippen molar-refractivity contribution in [2.45, 2.75) is 52.0 Å². The van der Waals surface area contributed by atoms with Crippen LogP contribution >= 0.6 is 11.6 Å². The van der Waals surface area contributed by atoms with Crippen molar-refractivity contribution in [3.05, 3.63) is 121 Å². The number of hydrogen-bond acceptors (Lipinski definition) is 5. The van der Waals surface area contributed by atoms with Gasteiger partial charge < -0.3 is 5.11 Å². The molecule has 38 heavy (non-hydrogen) atoms. The number of nitriles is 1. The normalized spacial score (nSPS) is 11.7. The summed E-state index contributed by atoms with van der Waals surface area (Å²) in [7, 11) is 0. The summed E-state index contributed by atoms with van der Waals surface area (Å²) < 4.78 is 3.20. The van der Waals surface area contributed by atoms with Crippen LogP contribution in [0.4, 0.5) is 0 Å². The second kappa shape index (κ2) is 11.9. The summed E-state index contributed by atoms with van der Waals surface area (Å²) in [5.74, 6) is 0.420. The second-order valence-electron chi connectivity index (χ2n) is 9.17. The summed E-state index contributed by atoms with van der Waals surface area (Å²) in [6.07, 6.45) is 4.65. The predicted octanol–water partition coefficient (Wildman–Crippen LogP) is 5.56. The first-order valence-electron chi connectivity index (χ1n) is 12.7. The van der Waals surface area contributed by atoms with Crippen LogP contribution in [0.2, 0.25) is 5.02 Å². The first kappa shape index (κ1) is 26.9. The van der Waals surface area contributed by atoms with E-state index in [0.29, 0.717) is 34.9 Å². The van der Waals surface area contributed by atoms with E-state index in [-0.39, 0.29) is 29.5 Å². The number of rotatable bonds is 9. The number of hydrogen-bond donors (Lipinski definition) is 1. The molecule has 7 nitrogen and oxygen atoms in total. The minimum absolute atomic E-state index is 0.111. The number of benzene rings is 2. The summed E-state index contributed by atoms with van der Waals surface area (Å²) in [4.78, 5) is 29.8. The fraction of sp³-hybridized carbons (Fsp3) is 0.267. The second-order valence-corrected chi connectivity index (χ2v) is 9.61. The van der Waals surface area contributed by atoms with E-state index < -0.39 is 5.56 Å². The molecule has 4 aromatic rings. The molecule has 0 aliphatic carbocycles. The molecule has 8 heteroatoms. The number of unbranched alkanes of at least 4 members (excludes halogenated alkanes) is 1. The monoisotopic (exact) mass is 528 g/mol. The van der Waals surface area contributed by atoms with Gasteiger partial charge in [0, 0.05) is 30.8 Å². The molecule has 0 aliphatic rings. The number of aromatic hydroxyl groups is 1. The first-order chi connectivity index (χ1) is 18.4. The maximum atomic E-state index is 13.1. The van der Waals surface area contributed by atoms with E-state index in [0.717, 1.165) is 24.0 Å². The van der Waals surface area contributed by atoms with E-state index in [1.54, 1.807) is 35.0 Å². The zero-order valence-electron chi connectivity index (χ0n) is 21.4. The topological polar surface area (TPSA) is 101 Å². The maximum Gasteiger partial charge on any atom is 0.280 e. The summed E-state index contributed by atoms with van der Waals surface area (Å²) in [6.45, 7) is 4.06. The summed E-state index contributed by atoms with van der Waals surface area (Å²) >= 11 is 6.05. The molecule has 0 saturated carbocycles. The number of pyridine rings is 1. The molecule has 1 N–H and O–H groups in total. The van der Waals surface area contributed by atoms with Crippen LogP contribution in [0.1, 0.15) is 67.2 Å². The lowest BCUT2D eigenvalue weighted by molar-refractivity contribution is 0.368. The highest BCUT2D eigenvalue weighted by Crippen LogP contribution is 2.31. The van der Waals surface area contributed by atoms with Crippen molar-refractivity contribution in [1.82, 2.24) is 14.1 Å². The molecular weight excluding hydrogens is 500 g/mol. The highest BCUT2D eigenvalue weighted by Gasteiger charge is 2.23. The highest BCUT2D eigenvalue weighted by molar-refractivity contribution is 6.30. The van der Waals surface area contributed by atoms with Gasteiger partial charge in [0.15, 0.2) is 0 Å². The van der Waals surface area contributed by atoms with E-state index in [4.69, 9.17) is 11.6 Å². The smallest absolute Gasteiger partial charge is 0.280 e. The van der Waals surface area contributed by atoms with Crippen molar-refractivity contribution in [2.24, 2.45) is 0 Å². The average Bonchev–Trinajstić information content (AvgIpc) is 2.93. The van der Waals surface area contributed by atoms with Gasteiger partial charge in [0.05, 0.1) is 28.3 Å². The van der Waals surface area contributed by atoms with Gasteiger partial charge in [-0.3, -0.25) is 18.7 Å². The van der Waals surface area contributed by atoms with Crippen LogP contribution in [0.25, 0.3) is 5.69 Å². The quantitative estimate of drug-likeness (QED) is 0.306.